The average Bonchev–Trinajstić information content (AvgIpc) is 3.17. The van der Waals surface area contributed by atoms with E-state index in [2.05, 4.69) is 21.1 Å². The molecule has 1 atom stereocenters. The van der Waals surface area contributed by atoms with Crippen molar-refractivity contribution >= 4 is 38.2 Å². The topological polar surface area (TPSA) is 143 Å². The van der Waals surface area contributed by atoms with Gasteiger partial charge in [0, 0.05) is 24.7 Å². The minimum absolute atomic E-state index is 0.133. The molecular weight excluding hydrogens is 466 g/mol. The summed E-state index contributed by atoms with van der Waals surface area (Å²) in [6, 6.07) is 2.19. The van der Waals surface area contributed by atoms with Crippen molar-refractivity contribution < 1.29 is 22.7 Å². The van der Waals surface area contributed by atoms with Gasteiger partial charge in [0.1, 0.15) is 16.9 Å². The van der Waals surface area contributed by atoms with Crippen LogP contribution in [0.4, 0.5) is 5.00 Å². The molecule has 2 aromatic rings. The van der Waals surface area contributed by atoms with Crippen LogP contribution in [0.3, 0.4) is 0 Å². The number of nitrogens with one attached hydrogen (secondary N) is 2. The summed E-state index contributed by atoms with van der Waals surface area (Å²) in [6.45, 7) is 2.91. The van der Waals surface area contributed by atoms with Crippen molar-refractivity contribution in [3.05, 3.63) is 28.0 Å². The monoisotopic (exact) mass is 493 g/mol. The number of imidazole rings is 1. The molecule has 0 aromatic carbocycles. The van der Waals surface area contributed by atoms with Crippen LogP contribution in [0.1, 0.15) is 54.4 Å². The Morgan fingerprint density at radius 1 is 1.33 bits per heavy atom. The van der Waals surface area contributed by atoms with Crippen molar-refractivity contribution in [2.45, 2.75) is 63.5 Å². The summed E-state index contributed by atoms with van der Waals surface area (Å²) in [5.41, 5.74) is 1.50. The van der Waals surface area contributed by atoms with Crippen molar-refractivity contribution in [2.24, 2.45) is 7.05 Å². The molecule has 0 fully saturated rings. The average molecular weight is 494 g/mol. The molecule has 0 aliphatic heterocycles. The zero-order valence-electron chi connectivity index (χ0n) is 18.8. The molecule has 33 heavy (non-hydrogen) atoms. The summed E-state index contributed by atoms with van der Waals surface area (Å²) in [6.07, 6.45) is 4.94. The number of nitrogens with zero attached hydrogens (tertiary/aromatic N) is 3. The third-order valence-electron chi connectivity index (χ3n) is 5.43. The molecule has 1 unspecified atom stereocenters. The number of aryl methyl sites for hydroxylation is 3. The minimum Gasteiger partial charge on any atom is -0.452 e. The zero-order valence-corrected chi connectivity index (χ0v) is 20.4. The number of thiophene rings is 1. The van der Waals surface area contributed by atoms with Gasteiger partial charge >= 0.3 is 5.97 Å². The summed E-state index contributed by atoms with van der Waals surface area (Å²) in [5, 5.41) is 12.6. The number of hydrogen-bond acceptors (Lipinski definition) is 8. The molecule has 178 valence electrons. The predicted molar refractivity (Wildman–Crippen MR) is 122 cm³/mol. The second-order valence-corrected chi connectivity index (χ2v) is 10.7. The number of amides is 1. The van der Waals surface area contributed by atoms with Gasteiger partial charge in [-0.1, -0.05) is 6.42 Å². The Balaban J connectivity index is 1.52. The van der Waals surface area contributed by atoms with Crippen LogP contribution in [0.15, 0.2) is 11.2 Å². The molecule has 0 saturated heterocycles. The predicted octanol–water partition coefficient (Wildman–Crippen LogP) is 2.17. The van der Waals surface area contributed by atoms with Crippen LogP contribution < -0.4 is 10.0 Å². The number of rotatable bonds is 8. The Labute approximate surface area is 197 Å². The van der Waals surface area contributed by atoms with Gasteiger partial charge in [-0.05, 0) is 45.1 Å². The normalized spacial score (nSPS) is 14.6. The van der Waals surface area contributed by atoms with Crippen LogP contribution in [0, 0.1) is 18.3 Å². The lowest BCUT2D eigenvalue weighted by molar-refractivity contribution is -0.152. The highest BCUT2D eigenvalue weighted by molar-refractivity contribution is 7.89. The number of hydrogen-bond donors (Lipinski definition) is 2. The number of carbonyl (C=O) groups is 2. The van der Waals surface area contributed by atoms with Gasteiger partial charge < -0.3 is 14.6 Å². The molecule has 1 aliphatic rings. The van der Waals surface area contributed by atoms with Gasteiger partial charge in [0.05, 0.1) is 12.0 Å². The Hall–Kier alpha value is -2.75. The number of anilines is 1. The molecule has 0 radical (unpaired) electrons. The van der Waals surface area contributed by atoms with E-state index in [1.165, 1.54) is 24.5 Å². The Morgan fingerprint density at radius 2 is 2.06 bits per heavy atom. The van der Waals surface area contributed by atoms with Crippen molar-refractivity contribution in [1.82, 2.24) is 14.3 Å². The standard InChI is InChI=1S/C21H27N5O5S2/c1-13(20(28)25-21-16(11-22)15-7-5-4-6-8-17(15)32-21)31-19(27)9-10-23-33(29,30)18-12-26(3)14(2)24-18/h12-13,23H,4-10H2,1-3H3,(H,25,28). The van der Waals surface area contributed by atoms with Crippen LogP contribution in [0.5, 0.6) is 0 Å². The lowest BCUT2D eigenvalue weighted by atomic mass is 10.1. The summed E-state index contributed by atoms with van der Waals surface area (Å²) < 4.78 is 33.5. The van der Waals surface area contributed by atoms with Gasteiger partial charge in [0.25, 0.3) is 15.9 Å². The molecular formula is C21H27N5O5S2. The summed E-state index contributed by atoms with van der Waals surface area (Å²) >= 11 is 1.40. The Morgan fingerprint density at radius 3 is 2.73 bits per heavy atom. The summed E-state index contributed by atoms with van der Waals surface area (Å²) in [4.78, 5) is 29.7. The van der Waals surface area contributed by atoms with E-state index in [0.717, 1.165) is 42.5 Å². The van der Waals surface area contributed by atoms with Gasteiger partial charge in [-0.2, -0.15) is 5.26 Å². The van der Waals surface area contributed by atoms with Crippen molar-refractivity contribution in [2.75, 3.05) is 11.9 Å². The molecule has 2 heterocycles. The van der Waals surface area contributed by atoms with Crippen LogP contribution >= 0.6 is 11.3 Å². The fourth-order valence-corrected chi connectivity index (χ4v) is 5.80. The molecule has 3 rings (SSSR count). The van der Waals surface area contributed by atoms with Crippen LogP contribution in [-0.4, -0.2) is 42.5 Å². The van der Waals surface area contributed by atoms with Crippen molar-refractivity contribution in [3.8, 4) is 6.07 Å². The molecule has 1 amide bonds. The minimum atomic E-state index is -3.85. The van der Waals surface area contributed by atoms with Gasteiger partial charge in [-0.3, -0.25) is 9.59 Å². The number of sulfonamides is 1. The third kappa shape index (κ3) is 5.98. The number of fused-ring (bicyclic) bond motifs is 1. The smallest absolute Gasteiger partial charge is 0.307 e. The molecule has 2 aromatic heterocycles. The second-order valence-electron chi connectivity index (χ2n) is 7.89. The first-order valence-corrected chi connectivity index (χ1v) is 13.0. The first-order valence-electron chi connectivity index (χ1n) is 10.7. The molecule has 0 saturated carbocycles. The molecule has 10 nitrogen and oxygen atoms in total. The lowest BCUT2D eigenvalue weighted by Gasteiger charge is -2.13. The first kappa shape index (κ1) is 24.9. The maximum absolute atomic E-state index is 12.5. The maximum Gasteiger partial charge on any atom is 0.307 e. The van der Waals surface area contributed by atoms with Crippen LogP contribution in [-0.2, 0) is 44.2 Å². The van der Waals surface area contributed by atoms with Gasteiger partial charge in [0.15, 0.2) is 11.1 Å². The SMILES string of the molecule is Cc1nc(S(=O)(=O)NCCC(=O)OC(C)C(=O)Nc2sc3c(c2C#N)CCCCC3)cn1C. The van der Waals surface area contributed by atoms with E-state index in [1.807, 2.05) is 0 Å². The third-order valence-corrected chi connectivity index (χ3v) is 7.97. The number of nitriles is 1. The second kappa shape index (κ2) is 10.5. The molecule has 12 heteroatoms. The van der Waals surface area contributed by atoms with E-state index in [4.69, 9.17) is 4.74 Å². The Bertz CT molecular complexity index is 1170. The van der Waals surface area contributed by atoms with E-state index >= 15 is 0 Å². The van der Waals surface area contributed by atoms with Gasteiger partial charge in [-0.15, -0.1) is 11.3 Å². The summed E-state index contributed by atoms with van der Waals surface area (Å²) in [7, 11) is -2.18. The van der Waals surface area contributed by atoms with Crippen molar-refractivity contribution in [3.63, 3.8) is 0 Å². The fourth-order valence-electron chi connectivity index (χ4n) is 3.49. The summed E-state index contributed by atoms with van der Waals surface area (Å²) in [5.74, 6) is -0.725. The largest absolute Gasteiger partial charge is 0.452 e. The molecule has 0 spiro atoms. The lowest BCUT2D eigenvalue weighted by Crippen LogP contribution is -2.32. The van der Waals surface area contributed by atoms with E-state index in [9.17, 15) is 23.3 Å². The molecule has 2 N–H and O–H groups in total. The highest BCUT2D eigenvalue weighted by atomic mass is 32.2. The highest BCUT2D eigenvalue weighted by Gasteiger charge is 2.24. The number of ether oxygens (including phenoxy) is 1. The van der Waals surface area contributed by atoms with Gasteiger partial charge in [-0.25, -0.2) is 18.1 Å². The maximum atomic E-state index is 12.5. The fraction of sp³-hybridized carbons (Fsp3) is 0.524. The molecule has 0 bridgehead atoms. The van der Waals surface area contributed by atoms with Crippen molar-refractivity contribution in [1.29, 1.82) is 5.26 Å². The number of carbonyl (C=O) groups excluding carboxylic acids is 2. The van der Waals surface area contributed by atoms with E-state index in [1.54, 1.807) is 18.5 Å². The number of aromatic nitrogens is 2. The molecule has 1 aliphatic carbocycles. The quantitative estimate of drug-likeness (QED) is 0.424. The van der Waals surface area contributed by atoms with Crippen LogP contribution in [0.2, 0.25) is 0 Å². The van der Waals surface area contributed by atoms with E-state index in [0.29, 0.717) is 16.4 Å². The zero-order chi connectivity index (χ0) is 24.2. The number of esters is 1. The van der Waals surface area contributed by atoms with Gasteiger partial charge in [0.2, 0.25) is 0 Å². The van der Waals surface area contributed by atoms with Crippen LogP contribution in [0.25, 0.3) is 0 Å². The Kier molecular flexibility index (Phi) is 7.88. The highest BCUT2D eigenvalue weighted by Crippen LogP contribution is 2.37. The van der Waals surface area contributed by atoms with E-state index in [-0.39, 0.29) is 18.0 Å². The van der Waals surface area contributed by atoms with E-state index < -0.39 is 28.0 Å². The first-order chi connectivity index (χ1) is 15.6.